The van der Waals surface area contributed by atoms with Crippen molar-refractivity contribution in [3.63, 3.8) is 0 Å². The quantitative estimate of drug-likeness (QED) is 0.463. The van der Waals surface area contributed by atoms with Crippen LogP contribution in [0.4, 0.5) is 5.69 Å². The molecule has 0 aliphatic heterocycles. The Morgan fingerprint density at radius 2 is 1.84 bits per heavy atom. The first-order chi connectivity index (χ1) is 12.2. The molecule has 0 saturated carbocycles. The zero-order valence-corrected chi connectivity index (χ0v) is 14.3. The van der Waals surface area contributed by atoms with Crippen LogP contribution in [0.2, 0.25) is 0 Å². The molecule has 0 spiro atoms. The van der Waals surface area contributed by atoms with Gasteiger partial charge in [-0.15, -0.1) is 11.3 Å². The van der Waals surface area contributed by atoms with Crippen molar-refractivity contribution in [2.75, 3.05) is 5.32 Å². The molecule has 1 heterocycles. The van der Waals surface area contributed by atoms with E-state index in [2.05, 4.69) is 17.4 Å². The summed E-state index contributed by atoms with van der Waals surface area (Å²) in [7, 11) is 0. The monoisotopic (exact) mass is 354 g/mol. The maximum atomic E-state index is 12.1. The minimum atomic E-state index is -0.535. The second-order valence-electron chi connectivity index (χ2n) is 5.69. The van der Waals surface area contributed by atoms with Gasteiger partial charge >= 0.3 is 0 Å². The van der Waals surface area contributed by atoms with Crippen LogP contribution < -0.4 is 10.8 Å². The van der Waals surface area contributed by atoms with Gasteiger partial charge in [-0.3, -0.25) is 14.8 Å². The van der Waals surface area contributed by atoms with Crippen LogP contribution in [0.1, 0.15) is 28.1 Å². The van der Waals surface area contributed by atoms with Gasteiger partial charge in [0.15, 0.2) is 0 Å². The maximum Gasteiger partial charge on any atom is 0.284 e. The van der Waals surface area contributed by atoms with E-state index in [4.69, 9.17) is 5.21 Å². The van der Waals surface area contributed by atoms with E-state index in [0.717, 1.165) is 22.9 Å². The fourth-order valence-corrected chi connectivity index (χ4v) is 3.54. The molecule has 2 amide bonds. The normalized spacial score (nSPS) is 10.6. The second-order valence-corrected chi connectivity index (χ2v) is 6.78. The Morgan fingerprint density at radius 3 is 2.60 bits per heavy atom. The highest BCUT2D eigenvalue weighted by atomic mass is 32.1. The Morgan fingerprint density at radius 1 is 1.04 bits per heavy atom. The summed E-state index contributed by atoms with van der Waals surface area (Å²) in [4.78, 5) is 24.0. The van der Waals surface area contributed by atoms with Crippen molar-refractivity contribution < 1.29 is 14.8 Å². The van der Waals surface area contributed by atoms with Gasteiger partial charge < -0.3 is 5.32 Å². The van der Waals surface area contributed by atoms with Crippen LogP contribution in [-0.4, -0.2) is 17.0 Å². The summed E-state index contributed by atoms with van der Waals surface area (Å²) in [6.45, 7) is 0. The first-order valence-electron chi connectivity index (χ1n) is 7.97. The van der Waals surface area contributed by atoms with Crippen LogP contribution in [0.3, 0.4) is 0 Å². The summed E-state index contributed by atoms with van der Waals surface area (Å²) >= 11 is 1.28. The highest BCUT2D eigenvalue weighted by Gasteiger charge is 2.10. The first kappa shape index (κ1) is 17.1. The largest absolute Gasteiger partial charge is 0.326 e. The number of nitrogens with one attached hydrogen (secondary N) is 2. The van der Waals surface area contributed by atoms with Crippen molar-refractivity contribution in [2.24, 2.45) is 0 Å². The molecule has 6 heteroatoms. The molecule has 25 heavy (non-hydrogen) atoms. The Balaban J connectivity index is 1.58. The summed E-state index contributed by atoms with van der Waals surface area (Å²) in [5, 5.41) is 12.4. The summed E-state index contributed by atoms with van der Waals surface area (Å²) in [6.07, 6.45) is 2.11. The molecule has 0 saturated heterocycles. The Bertz CT molecular complexity index is 890. The number of hydroxylamine groups is 1. The van der Waals surface area contributed by atoms with Crippen molar-refractivity contribution in [3.05, 3.63) is 65.0 Å². The molecule has 0 atom stereocenters. The van der Waals surface area contributed by atoms with Crippen LogP contribution in [0, 0.1) is 0 Å². The number of aryl methyl sites for hydroxylation is 1. The van der Waals surface area contributed by atoms with Gasteiger partial charge in [-0.2, -0.15) is 0 Å². The van der Waals surface area contributed by atoms with Gasteiger partial charge in [-0.25, -0.2) is 5.48 Å². The number of benzene rings is 2. The molecule has 0 aliphatic rings. The highest BCUT2D eigenvalue weighted by Crippen LogP contribution is 2.28. The number of hydrogen-bond donors (Lipinski definition) is 3. The van der Waals surface area contributed by atoms with Crippen LogP contribution >= 0.6 is 11.3 Å². The van der Waals surface area contributed by atoms with Gasteiger partial charge in [0.1, 0.15) is 0 Å². The Kier molecular flexibility index (Phi) is 5.42. The molecule has 0 radical (unpaired) electrons. The minimum absolute atomic E-state index is 0.0289. The molecule has 0 fully saturated rings. The summed E-state index contributed by atoms with van der Waals surface area (Å²) in [5.41, 5.74) is 3.55. The first-order valence-corrected chi connectivity index (χ1v) is 8.79. The molecular formula is C19H18N2O3S. The smallest absolute Gasteiger partial charge is 0.284 e. The van der Waals surface area contributed by atoms with Gasteiger partial charge in [-0.05, 0) is 48.1 Å². The summed E-state index contributed by atoms with van der Waals surface area (Å²) in [6, 6.07) is 17.3. The van der Waals surface area contributed by atoms with Crippen LogP contribution in [0.25, 0.3) is 10.1 Å². The lowest BCUT2D eigenvalue weighted by molar-refractivity contribution is -0.116. The topological polar surface area (TPSA) is 78.4 Å². The molecule has 3 aromatic rings. The fraction of sp³-hybridized carbons (Fsp3) is 0.158. The lowest BCUT2D eigenvalue weighted by Gasteiger charge is -2.05. The van der Waals surface area contributed by atoms with Crippen molar-refractivity contribution >= 4 is 38.9 Å². The number of carbonyl (C=O) groups excluding carboxylic acids is 2. The van der Waals surface area contributed by atoms with E-state index in [0.29, 0.717) is 17.0 Å². The Labute approximate surface area is 149 Å². The molecule has 2 aromatic carbocycles. The molecule has 3 rings (SSSR count). The third-order valence-electron chi connectivity index (χ3n) is 3.84. The molecule has 1 aromatic heterocycles. The van der Waals surface area contributed by atoms with Crippen molar-refractivity contribution in [2.45, 2.75) is 19.3 Å². The summed E-state index contributed by atoms with van der Waals surface area (Å²) in [5.74, 6) is -0.563. The van der Waals surface area contributed by atoms with E-state index in [-0.39, 0.29) is 5.91 Å². The van der Waals surface area contributed by atoms with Crippen LogP contribution in [-0.2, 0) is 11.2 Å². The molecule has 0 bridgehead atoms. The lowest BCUT2D eigenvalue weighted by Crippen LogP contribution is -2.16. The molecule has 3 N–H and O–H groups in total. The van der Waals surface area contributed by atoms with Gasteiger partial charge in [0, 0.05) is 16.8 Å². The average molecular weight is 354 g/mol. The van der Waals surface area contributed by atoms with Gasteiger partial charge in [0.25, 0.3) is 5.91 Å². The van der Waals surface area contributed by atoms with E-state index < -0.39 is 5.91 Å². The number of rotatable bonds is 6. The van der Waals surface area contributed by atoms with Crippen LogP contribution in [0.5, 0.6) is 0 Å². The molecule has 0 aliphatic carbocycles. The zero-order chi connectivity index (χ0) is 17.6. The van der Waals surface area contributed by atoms with Crippen LogP contribution in [0.15, 0.2) is 54.6 Å². The zero-order valence-electron chi connectivity index (χ0n) is 13.5. The molecule has 5 nitrogen and oxygen atoms in total. The predicted octanol–water partition coefficient (Wildman–Crippen LogP) is 3.98. The van der Waals surface area contributed by atoms with E-state index in [1.807, 2.05) is 36.4 Å². The predicted molar refractivity (Wildman–Crippen MR) is 99.1 cm³/mol. The SMILES string of the molecule is O=C(CCCc1ccccc1)Nc1ccc2sc(C(=O)NO)cc2c1. The van der Waals surface area contributed by atoms with Gasteiger partial charge in [0.2, 0.25) is 5.91 Å². The third kappa shape index (κ3) is 4.43. The number of amides is 2. The number of fused-ring (bicyclic) bond motifs is 1. The van der Waals surface area contributed by atoms with E-state index in [1.165, 1.54) is 16.9 Å². The maximum absolute atomic E-state index is 12.1. The number of hydrogen-bond acceptors (Lipinski definition) is 4. The molecule has 0 unspecified atom stereocenters. The van der Waals surface area contributed by atoms with E-state index in [1.54, 1.807) is 11.5 Å². The fourth-order valence-electron chi connectivity index (χ4n) is 2.61. The lowest BCUT2D eigenvalue weighted by atomic mass is 10.1. The highest BCUT2D eigenvalue weighted by molar-refractivity contribution is 7.20. The Hall–Kier alpha value is -2.70. The van der Waals surface area contributed by atoms with Gasteiger partial charge in [0.05, 0.1) is 4.88 Å². The van der Waals surface area contributed by atoms with Crippen molar-refractivity contribution in [3.8, 4) is 0 Å². The summed E-state index contributed by atoms with van der Waals surface area (Å²) < 4.78 is 0.917. The second kappa shape index (κ2) is 7.92. The molecule has 128 valence electrons. The number of anilines is 1. The average Bonchev–Trinajstić information content (AvgIpc) is 3.05. The van der Waals surface area contributed by atoms with Crippen molar-refractivity contribution in [1.82, 2.24) is 5.48 Å². The van der Waals surface area contributed by atoms with E-state index >= 15 is 0 Å². The molecular weight excluding hydrogens is 336 g/mol. The number of carbonyl (C=O) groups is 2. The number of thiophene rings is 1. The van der Waals surface area contributed by atoms with Crippen molar-refractivity contribution in [1.29, 1.82) is 0 Å². The van der Waals surface area contributed by atoms with Gasteiger partial charge in [-0.1, -0.05) is 30.3 Å². The van der Waals surface area contributed by atoms with E-state index in [9.17, 15) is 9.59 Å². The standard InChI is InChI=1S/C19H18N2O3S/c22-18(8-4-7-13-5-2-1-3-6-13)20-15-9-10-16-14(11-15)12-17(25-16)19(23)21-24/h1-3,5-6,9-12,24H,4,7-8H2,(H,20,22)(H,21,23). The third-order valence-corrected chi connectivity index (χ3v) is 4.95. The minimum Gasteiger partial charge on any atom is -0.326 e.